The van der Waals surface area contributed by atoms with Crippen molar-refractivity contribution in [3.63, 3.8) is 0 Å². The fourth-order valence-corrected chi connectivity index (χ4v) is 3.25. The van der Waals surface area contributed by atoms with Crippen molar-refractivity contribution >= 4 is 22.5 Å². The molecule has 1 aliphatic rings. The molecule has 3 N–H and O–H groups in total. The molecule has 1 unspecified atom stereocenters. The number of nitrogens with one attached hydrogen (secondary N) is 2. The number of aliphatic hydroxyl groups is 1. The van der Waals surface area contributed by atoms with E-state index in [1.165, 1.54) is 17.8 Å². The molecule has 6 nitrogen and oxygen atoms in total. The summed E-state index contributed by atoms with van der Waals surface area (Å²) in [7, 11) is 0. The molecule has 7 heteroatoms. The molecule has 0 saturated carbocycles. The lowest BCUT2D eigenvalue weighted by Gasteiger charge is -2.22. The fourth-order valence-electron chi connectivity index (χ4n) is 2.59. The number of likely N-dealkylation sites (tertiary alicyclic amines) is 1. The number of hydrogen-bond donors (Lipinski definition) is 3. The quantitative estimate of drug-likeness (QED) is 0.671. The number of aliphatic hydroxyl groups excluding tert-OH is 1. The largest absolute Gasteiger partial charge is 0.395 e. The minimum Gasteiger partial charge on any atom is -0.395 e. The second kappa shape index (κ2) is 8.31. The first-order valence-corrected chi connectivity index (χ1v) is 8.33. The lowest BCUT2D eigenvalue weighted by Crippen LogP contribution is -2.34. The molecular formula is C14H24N4O2S. The van der Waals surface area contributed by atoms with Crippen molar-refractivity contribution in [3.05, 3.63) is 11.1 Å². The van der Waals surface area contributed by atoms with Gasteiger partial charge in [-0.15, -0.1) is 11.3 Å². The normalized spacial score (nSPS) is 18.9. The van der Waals surface area contributed by atoms with Crippen molar-refractivity contribution in [1.29, 1.82) is 0 Å². The predicted octanol–water partition coefficient (Wildman–Crippen LogP) is 1.81. The molecule has 1 aliphatic heterocycles. The summed E-state index contributed by atoms with van der Waals surface area (Å²) in [5.74, 6) is 0. The van der Waals surface area contributed by atoms with Gasteiger partial charge in [0.05, 0.1) is 6.61 Å². The zero-order valence-electron chi connectivity index (χ0n) is 12.5. The minimum absolute atomic E-state index is 0.196. The molecule has 0 bridgehead atoms. The summed E-state index contributed by atoms with van der Waals surface area (Å²) in [5, 5.41) is 15.4. The zero-order valence-corrected chi connectivity index (χ0v) is 13.3. The van der Waals surface area contributed by atoms with Gasteiger partial charge in [-0.05, 0) is 45.7 Å². The van der Waals surface area contributed by atoms with Crippen molar-refractivity contribution in [1.82, 2.24) is 15.2 Å². The van der Waals surface area contributed by atoms with Crippen LogP contribution >= 0.6 is 11.3 Å². The van der Waals surface area contributed by atoms with Gasteiger partial charge in [0.15, 0.2) is 5.13 Å². The van der Waals surface area contributed by atoms with E-state index < -0.39 is 0 Å². The molecule has 0 radical (unpaired) electrons. The van der Waals surface area contributed by atoms with Gasteiger partial charge in [0.1, 0.15) is 0 Å². The Balaban J connectivity index is 1.54. The van der Waals surface area contributed by atoms with Gasteiger partial charge in [0.2, 0.25) is 0 Å². The van der Waals surface area contributed by atoms with Crippen molar-refractivity contribution in [3.8, 4) is 0 Å². The second-order valence-corrected chi connectivity index (χ2v) is 6.61. The molecule has 2 amide bonds. The molecule has 0 spiro atoms. The van der Waals surface area contributed by atoms with Crippen LogP contribution in [0.25, 0.3) is 0 Å². The van der Waals surface area contributed by atoms with Crippen LogP contribution in [0.5, 0.6) is 0 Å². The molecule has 1 aromatic rings. The van der Waals surface area contributed by atoms with E-state index in [-0.39, 0.29) is 12.6 Å². The molecule has 118 valence electrons. The minimum atomic E-state index is -0.196. The Kier molecular flexibility index (Phi) is 6.41. The Morgan fingerprint density at radius 3 is 3.14 bits per heavy atom. The first-order chi connectivity index (χ1) is 10.2. The Hall–Kier alpha value is -1.18. The molecule has 1 atom stereocenters. The molecule has 0 aliphatic carbocycles. The summed E-state index contributed by atoms with van der Waals surface area (Å²) >= 11 is 1.47. The number of aryl methyl sites for hydroxylation is 1. The maximum Gasteiger partial charge on any atom is 0.321 e. The first-order valence-electron chi connectivity index (χ1n) is 7.51. The van der Waals surface area contributed by atoms with Crippen LogP contribution in [-0.4, -0.2) is 53.3 Å². The number of nitrogens with zero attached hydrogens (tertiary/aromatic N) is 2. The van der Waals surface area contributed by atoms with Crippen LogP contribution < -0.4 is 10.6 Å². The van der Waals surface area contributed by atoms with E-state index >= 15 is 0 Å². The van der Waals surface area contributed by atoms with Gasteiger partial charge < -0.3 is 10.4 Å². The number of amides is 2. The highest BCUT2D eigenvalue weighted by Gasteiger charge is 2.22. The Bertz CT molecular complexity index is 452. The molecule has 0 aromatic carbocycles. The summed E-state index contributed by atoms with van der Waals surface area (Å²) in [6.45, 7) is 4.96. The average molecular weight is 312 g/mol. The molecular weight excluding hydrogens is 288 g/mol. The van der Waals surface area contributed by atoms with Crippen LogP contribution in [0.4, 0.5) is 9.93 Å². The number of unbranched alkanes of at least 4 members (excludes halogenated alkanes) is 1. The van der Waals surface area contributed by atoms with E-state index in [4.69, 9.17) is 0 Å². The van der Waals surface area contributed by atoms with Crippen molar-refractivity contribution in [2.75, 3.05) is 31.6 Å². The summed E-state index contributed by atoms with van der Waals surface area (Å²) in [6, 6.07) is 0.146. The highest BCUT2D eigenvalue weighted by atomic mass is 32.1. The summed E-state index contributed by atoms with van der Waals surface area (Å²) in [6.07, 6.45) is 6.00. The fraction of sp³-hybridized carbons (Fsp3) is 0.714. The monoisotopic (exact) mass is 312 g/mol. The third-order valence-corrected chi connectivity index (χ3v) is 4.54. The molecule has 2 heterocycles. The third-order valence-electron chi connectivity index (χ3n) is 3.71. The summed E-state index contributed by atoms with van der Waals surface area (Å²) in [5.41, 5.74) is 0. The lowest BCUT2D eigenvalue weighted by atomic mass is 10.2. The van der Waals surface area contributed by atoms with Crippen molar-refractivity contribution < 1.29 is 9.90 Å². The van der Waals surface area contributed by atoms with E-state index in [0.717, 1.165) is 37.2 Å². The second-order valence-electron chi connectivity index (χ2n) is 5.38. The van der Waals surface area contributed by atoms with Crippen LogP contribution in [-0.2, 0) is 0 Å². The number of rotatable bonds is 7. The van der Waals surface area contributed by atoms with Crippen molar-refractivity contribution in [2.45, 2.75) is 38.6 Å². The van der Waals surface area contributed by atoms with Gasteiger partial charge in [-0.1, -0.05) is 0 Å². The third kappa shape index (κ3) is 5.26. The van der Waals surface area contributed by atoms with Gasteiger partial charge in [-0.2, -0.15) is 0 Å². The highest BCUT2D eigenvalue weighted by molar-refractivity contribution is 7.15. The number of urea groups is 1. The van der Waals surface area contributed by atoms with Gasteiger partial charge in [0.25, 0.3) is 0 Å². The van der Waals surface area contributed by atoms with Gasteiger partial charge in [0, 0.05) is 23.7 Å². The van der Waals surface area contributed by atoms with E-state index in [0.29, 0.717) is 17.7 Å². The first kappa shape index (κ1) is 16.2. The summed E-state index contributed by atoms with van der Waals surface area (Å²) < 4.78 is 0. The van der Waals surface area contributed by atoms with E-state index in [1.807, 2.05) is 6.92 Å². The number of thiazole rings is 1. The number of carbonyl (C=O) groups is 1. The molecule has 1 fully saturated rings. The van der Waals surface area contributed by atoms with Crippen LogP contribution in [0.3, 0.4) is 0 Å². The number of carbonyl (C=O) groups excluding carboxylic acids is 1. The molecule has 1 aromatic heterocycles. The van der Waals surface area contributed by atoms with Gasteiger partial charge >= 0.3 is 6.03 Å². The molecule has 2 rings (SSSR count). The van der Waals surface area contributed by atoms with E-state index in [1.54, 1.807) is 6.20 Å². The van der Waals surface area contributed by atoms with E-state index in [9.17, 15) is 9.90 Å². The number of aromatic nitrogens is 1. The van der Waals surface area contributed by atoms with Gasteiger partial charge in [-0.3, -0.25) is 10.2 Å². The van der Waals surface area contributed by atoms with Crippen molar-refractivity contribution in [2.24, 2.45) is 0 Å². The van der Waals surface area contributed by atoms with E-state index in [2.05, 4.69) is 20.5 Å². The van der Waals surface area contributed by atoms with Crippen LogP contribution in [0.2, 0.25) is 0 Å². The number of anilines is 1. The number of hydrogen-bond acceptors (Lipinski definition) is 5. The standard InChI is InChI=1S/C14H24N4O2S/c1-11-9-16-14(21-11)17-13(20)15-6-2-3-7-18-8-4-5-12(18)10-19/h9,12,19H,2-8,10H2,1H3,(H2,15,16,17,20). The zero-order chi connectivity index (χ0) is 15.1. The van der Waals surface area contributed by atoms with Gasteiger partial charge in [-0.25, -0.2) is 9.78 Å². The topological polar surface area (TPSA) is 77.5 Å². The average Bonchev–Trinajstić information content (AvgIpc) is 3.07. The Labute approximate surface area is 129 Å². The SMILES string of the molecule is Cc1cnc(NC(=O)NCCCCN2CCCC2CO)s1. The molecule has 1 saturated heterocycles. The maximum atomic E-state index is 11.6. The highest BCUT2D eigenvalue weighted by Crippen LogP contribution is 2.17. The predicted molar refractivity (Wildman–Crippen MR) is 84.8 cm³/mol. The molecule has 21 heavy (non-hydrogen) atoms. The smallest absolute Gasteiger partial charge is 0.321 e. The lowest BCUT2D eigenvalue weighted by molar-refractivity contribution is 0.157. The Morgan fingerprint density at radius 2 is 2.43 bits per heavy atom. The maximum absolute atomic E-state index is 11.6. The van der Waals surface area contributed by atoms with Crippen LogP contribution in [0.1, 0.15) is 30.6 Å². The Morgan fingerprint density at radius 1 is 1.57 bits per heavy atom. The van der Waals surface area contributed by atoms with Crippen LogP contribution in [0.15, 0.2) is 6.20 Å². The van der Waals surface area contributed by atoms with Crippen LogP contribution in [0, 0.1) is 6.92 Å². The summed E-state index contributed by atoms with van der Waals surface area (Å²) in [4.78, 5) is 19.2.